The van der Waals surface area contributed by atoms with Crippen LogP contribution in [0.2, 0.25) is 0 Å². The summed E-state index contributed by atoms with van der Waals surface area (Å²) in [6, 6.07) is 7.05. The van der Waals surface area contributed by atoms with Crippen molar-refractivity contribution in [3.63, 3.8) is 0 Å². The smallest absolute Gasteiger partial charge is 0.131 e. The molecule has 0 saturated carbocycles. The van der Waals surface area contributed by atoms with Crippen molar-refractivity contribution in [2.24, 2.45) is 0 Å². The Morgan fingerprint density at radius 3 is 2.79 bits per heavy atom. The molecule has 70 valence electrons. The van der Waals surface area contributed by atoms with Gasteiger partial charge in [-0.3, -0.25) is 0 Å². The Labute approximate surface area is 86.3 Å². The molecule has 0 bridgehead atoms. The summed E-state index contributed by atoms with van der Waals surface area (Å²) in [5.41, 5.74) is 2.52. The molecule has 0 spiro atoms. The summed E-state index contributed by atoms with van der Waals surface area (Å²) in [7, 11) is 0. The van der Waals surface area contributed by atoms with E-state index in [1.54, 1.807) is 23.5 Å². The molecule has 0 amide bonds. The maximum atomic E-state index is 13.4. The zero-order valence-corrected chi connectivity index (χ0v) is 8.35. The fourth-order valence-electron chi connectivity index (χ4n) is 1.41. The number of hydrogen-bond acceptors (Lipinski definition) is 1. The predicted molar refractivity (Wildman–Crippen MR) is 59.8 cm³/mol. The van der Waals surface area contributed by atoms with Crippen LogP contribution in [0.15, 0.2) is 41.6 Å². The van der Waals surface area contributed by atoms with E-state index in [9.17, 15) is 4.39 Å². The molecule has 0 radical (unpaired) electrons. The fourth-order valence-corrected chi connectivity index (χ4v) is 2.07. The number of benzene rings is 1. The monoisotopic (exact) mass is 204 g/mol. The number of rotatable bonds is 2. The van der Waals surface area contributed by atoms with Crippen LogP contribution < -0.4 is 0 Å². The molecule has 0 N–H and O–H groups in total. The molecule has 2 heteroatoms. The maximum Gasteiger partial charge on any atom is 0.131 e. The van der Waals surface area contributed by atoms with Gasteiger partial charge in [-0.25, -0.2) is 4.39 Å². The van der Waals surface area contributed by atoms with Gasteiger partial charge in [-0.2, -0.15) is 11.3 Å². The van der Waals surface area contributed by atoms with Crippen molar-refractivity contribution in [3.8, 4) is 11.1 Å². The van der Waals surface area contributed by atoms with Crippen molar-refractivity contribution in [1.29, 1.82) is 0 Å². The topological polar surface area (TPSA) is 0 Å². The zero-order chi connectivity index (χ0) is 9.97. The fraction of sp³-hybridized carbons (Fsp3) is 0. The van der Waals surface area contributed by atoms with Crippen molar-refractivity contribution < 1.29 is 4.39 Å². The second kappa shape index (κ2) is 3.76. The lowest BCUT2D eigenvalue weighted by molar-refractivity contribution is 0.625. The number of hydrogen-bond donors (Lipinski definition) is 0. The molecule has 1 aromatic heterocycles. The van der Waals surface area contributed by atoms with Gasteiger partial charge in [-0.15, -0.1) is 0 Å². The molecule has 2 aromatic rings. The first-order valence-corrected chi connectivity index (χ1v) is 5.20. The van der Waals surface area contributed by atoms with Crippen molar-refractivity contribution in [1.82, 2.24) is 0 Å². The molecule has 0 nitrogen and oxygen atoms in total. The minimum Gasteiger partial charge on any atom is -0.206 e. The molecule has 0 atom stereocenters. The van der Waals surface area contributed by atoms with Crippen LogP contribution in [0.1, 0.15) is 5.56 Å². The summed E-state index contributed by atoms with van der Waals surface area (Å²) in [6.07, 6.45) is 1.56. The molecular weight excluding hydrogens is 195 g/mol. The van der Waals surface area contributed by atoms with Crippen molar-refractivity contribution in [3.05, 3.63) is 53.0 Å². The molecule has 2 rings (SSSR count). The standard InChI is InChI=1S/C12H9FS/c1-2-10-11(4-3-5-12(10)13)9-6-7-14-8-9/h2-8H,1H2. The van der Waals surface area contributed by atoms with Crippen LogP contribution in [0.5, 0.6) is 0 Å². The largest absolute Gasteiger partial charge is 0.206 e. The van der Waals surface area contributed by atoms with E-state index in [-0.39, 0.29) is 5.82 Å². The Balaban J connectivity index is 2.64. The lowest BCUT2D eigenvalue weighted by atomic mass is 10.0. The second-order valence-corrected chi connectivity index (χ2v) is 3.70. The normalized spacial score (nSPS) is 10.1. The lowest BCUT2D eigenvalue weighted by Gasteiger charge is -2.04. The van der Waals surface area contributed by atoms with E-state index in [0.717, 1.165) is 11.1 Å². The summed E-state index contributed by atoms with van der Waals surface area (Å²) >= 11 is 1.60. The highest BCUT2D eigenvalue weighted by atomic mass is 32.1. The van der Waals surface area contributed by atoms with E-state index in [1.807, 2.05) is 22.9 Å². The molecule has 0 aliphatic rings. The van der Waals surface area contributed by atoms with Crippen LogP contribution in [-0.4, -0.2) is 0 Å². The third-order valence-corrected chi connectivity index (χ3v) is 2.77. The van der Waals surface area contributed by atoms with Gasteiger partial charge in [0.25, 0.3) is 0 Å². The first-order chi connectivity index (χ1) is 6.83. The van der Waals surface area contributed by atoms with E-state index in [1.165, 1.54) is 6.07 Å². The van der Waals surface area contributed by atoms with Gasteiger partial charge in [0.1, 0.15) is 5.82 Å². The van der Waals surface area contributed by atoms with E-state index in [4.69, 9.17) is 0 Å². The molecule has 0 unspecified atom stereocenters. The third kappa shape index (κ3) is 1.49. The van der Waals surface area contributed by atoms with Gasteiger partial charge in [0.05, 0.1) is 0 Å². The van der Waals surface area contributed by atoms with Crippen molar-refractivity contribution >= 4 is 17.4 Å². The highest BCUT2D eigenvalue weighted by Gasteiger charge is 2.06. The summed E-state index contributed by atoms with van der Waals surface area (Å²) in [5, 5.41) is 3.98. The number of halogens is 1. The summed E-state index contributed by atoms with van der Waals surface area (Å²) in [5.74, 6) is -0.219. The highest BCUT2D eigenvalue weighted by Crippen LogP contribution is 2.28. The second-order valence-electron chi connectivity index (χ2n) is 2.92. The van der Waals surface area contributed by atoms with Crippen LogP contribution in [0.3, 0.4) is 0 Å². The average Bonchev–Trinajstić information content (AvgIpc) is 2.70. The van der Waals surface area contributed by atoms with E-state index >= 15 is 0 Å². The van der Waals surface area contributed by atoms with Crippen LogP contribution in [0.25, 0.3) is 17.2 Å². The molecule has 1 aromatic carbocycles. The Kier molecular flexibility index (Phi) is 2.46. The van der Waals surface area contributed by atoms with Gasteiger partial charge in [0.2, 0.25) is 0 Å². The summed E-state index contributed by atoms with van der Waals surface area (Å²) in [6.45, 7) is 3.63. The maximum absolute atomic E-state index is 13.4. The summed E-state index contributed by atoms with van der Waals surface area (Å²) in [4.78, 5) is 0. The highest BCUT2D eigenvalue weighted by molar-refractivity contribution is 7.08. The molecule has 0 aliphatic heterocycles. The Hall–Kier alpha value is -1.41. The van der Waals surface area contributed by atoms with Crippen LogP contribution in [0.4, 0.5) is 4.39 Å². The van der Waals surface area contributed by atoms with E-state index in [0.29, 0.717) is 5.56 Å². The quantitative estimate of drug-likeness (QED) is 0.687. The van der Waals surface area contributed by atoms with Crippen molar-refractivity contribution in [2.45, 2.75) is 0 Å². The Morgan fingerprint density at radius 2 is 2.14 bits per heavy atom. The molecule has 0 fully saturated rings. The minimum atomic E-state index is -0.219. The van der Waals surface area contributed by atoms with Crippen LogP contribution >= 0.6 is 11.3 Å². The lowest BCUT2D eigenvalue weighted by Crippen LogP contribution is -1.85. The molecule has 0 aliphatic carbocycles. The van der Waals surface area contributed by atoms with Gasteiger partial charge in [0, 0.05) is 5.56 Å². The summed E-state index contributed by atoms with van der Waals surface area (Å²) < 4.78 is 13.4. The van der Waals surface area contributed by atoms with Gasteiger partial charge in [-0.05, 0) is 34.0 Å². The average molecular weight is 204 g/mol. The first kappa shape index (κ1) is 9.16. The van der Waals surface area contributed by atoms with Gasteiger partial charge in [-0.1, -0.05) is 24.8 Å². The van der Waals surface area contributed by atoms with Gasteiger partial charge in [0.15, 0.2) is 0 Å². The van der Waals surface area contributed by atoms with E-state index in [2.05, 4.69) is 6.58 Å². The van der Waals surface area contributed by atoms with Gasteiger partial charge >= 0.3 is 0 Å². The molecule has 0 saturated heterocycles. The van der Waals surface area contributed by atoms with Gasteiger partial charge < -0.3 is 0 Å². The third-order valence-electron chi connectivity index (χ3n) is 2.09. The molecule has 1 heterocycles. The molecular formula is C12H9FS. The van der Waals surface area contributed by atoms with Crippen LogP contribution in [-0.2, 0) is 0 Å². The predicted octanol–water partition coefficient (Wildman–Crippen LogP) is 4.20. The Bertz CT molecular complexity index is 443. The minimum absolute atomic E-state index is 0.219. The van der Waals surface area contributed by atoms with E-state index < -0.39 is 0 Å². The molecule has 14 heavy (non-hydrogen) atoms. The number of thiophene rings is 1. The SMILES string of the molecule is C=Cc1c(F)cccc1-c1ccsc1. The Morgan fingerprint density at radius 1 is 1.29 bits per heavy atom. The zero-order valence-electron chi connectivity index (χ0n) is 7.53. The van der Waals surface area contributed by atoms with Crippen molar-refractivity contribution in [2.75, 3.05) is 0 Å². The van der Waals surface area contributed by atoms with Crippen LogP contribution in [0, 0.1) is 5.82 Å². The first-order valence-electron chi connectivity index (χ1n) is 4.26.